The van der Waals surface area contributed by atoms with Gasteiger partial charge in [0.1, 0.15) is 12.2 Å². The Bertz CT molecular complexity index is 497. The first-order chi connectivity index (χ1) is 9.76. The molecule has 1 amide bonds. The Morgan fingerprint density at radius 3 is 2.62 bits per heavy atom. The SMILES string of the molecule is CC(C)(C)OC(=O)NCCC(=O)OCc1cccc(Cl)c1. The van der Waals surface area contributed by atoms with Crippen molar-refractivity contribution in [3.63, 3.8) is 0 Å². The summed E-state index contributed by atoms with van der Waals surface area (Å²) in [7, 11) is 0. The van der Waals surface area contributed by atoms with Crippen LogP contribution in [0.1, 0.15) is 32.8 Å². The molecular weight excluding hydrogens is 294 g/mol. The zero-order valence-electron chi connectivity index (χ0n) is 12.4. The maximum absolute atomic E-state index is 11.5. The summed E-state index contributed by atoms with van der Waals surface area (Å²) in [4.78, 5) is 22.9. The van der Waals surface area contributed by atoms with Crippen LogP contribution >= 0.6 is 11.6 Å². The van der Waals surface area contributed by atoms with E-state index in [0.717, 1.165) is 5.56 Å². The molecule has 116 valence electrons. The van der Waals surface area contributed by atoms with E-state index >= 15 is 0 Å². The van der Waals surface area contributed by atoms with Crippen molar-refractivity contribution in [1.82, 2.24) is 5.32 Å². The van der Waals surface area contributed by atoms with Gasteiger partial charge in [-0.2, -0.15) is 0 Å². The summed E-state index contributed by atoms with van der Waals surface area (Å²) in [5.41, 5.74) is 0.257. The predicted molar refractivity (Wildman–Crippen MR) is 80.1 cm³/mol. The Balaban J connectivity index is 2.21. The van der Waals surface area contributed by atoms with E-state index < -0.39 is 17.7 Å². The standard InChI is InChI=1S/C15H20ClNO4/c1-15(2,3)21-14(19)17-8-7-13(18)20-10-11-5-4-6-12(16)9-11/h4-6,9H,7-8,10H2,1-3H3,(H,17,19). The normalized spacial score (nSPS) is 10.9. The lowest BCUT2D eigenvalue weighted by Gasteiger charge is -2.19. The van der Waals surface area contributed by atoms with Gasteiger partial charge in [0.05, 0.1) is 6.42 Å². The van der Waals surface area contributed by atoms with Crippen molar-refractivity contribution in [2.75, 3.05) is 6.54 Å². The van der Waals surface area contributed by atoms with Gasteiger partial charge in [0.25, 0.3) is 0 Å². The molecule has 1 N–H and O–H groups in total. The average Bonchev–Trinajstić information content (AvgIpc) is 2.34. The van der Waals surface area contributed by atoms with Crippen molar-refractivity contribution in [3.8, 4) is 0 Å². The minimum atomic E-state index is -0.558. The number of nitrogens with one attached hydrogen (secondary N) is 1. The van der Waals surface area contributed by atoms with E-state index in [2.05, 4.69) is 5.32 Å². The van der Waals surface area contributed by atoms with E-state index in [-0.39, 0.29) is 19.6 Å². The van der Waals surface area contributed by atoms with Crippen LogP contribution in [0.15, 0.2) is 24.3 Å². The Labute approximate surface area is 129 Å². The molecule has 0 aliphatic carbocycles. The molecule has 0 radical (unpaired) electrons. The summed E-state index contributed by atoms with van der Waals surface area (Å²) in [5, 5.41) is 3.09. The molecular formula is C15H20ClNO4. The number of amides is 1. The number of alkyl carbamates (subject to hydrolysis) is 1. The average molecular weight is 314 g/mol. The minimum absolute atomic E-state index is 0.0831. The Hall–Kier alpha value is -1.75. The van der Waals surface area contributed by atoms with Crippen molar-refractivity contribution in [3.05, 3.63) is 34.9 Å². The molecule has 0 aliphatic heterocycles. The first kappa shape index (κ1) is 17.3. The quantitative estimate of drug-likeness (QED) is 0.847. The van der Waals surface area contributed by atoms with E-state index in [1.54, 1.807) is 39.0 Å². The lowest BCUT2D eigenvalue weighted by atomic mass is 10.2. The number of esters is 1. The molecule has 0 heterocycles. The highest BCUT2D eigenvalue weighted by Gasteiger charge is 2.16. The molecule has 0 bridgehead atoms. The Kier molecular flexibility index (Phi) is 6.49. The topological polar surface area (TPSA) is 64.6 Å². The Morgan fingerprint density at radius 2 is 2.00 bits per heavy atom. The largest absolute Gasteiger partial charge is 0.461 e. The molecule has 0 aliphatic rings. The minimum Gasteiger partial charge on any atom is -0.461 e. The summed E-state index contributed by atoms with van der Waals surface area (Å²) in [6, 6.07) is 7.08. The molecule has 1 aromatic rings. The van der Waals surface area contributed by atoms with Crippen LogP contribution in [0, 0.1) is 0 Å². The second kappa shape index (κ2) is 7.88. The smallest absolute Gasteiger partial charge is 0.407 e. The van der Waals surface area contributed by atoms with Crippen LogP contribution in [0.3, 0.4) is 0 Å². The van der Waals surface area contributed by atoms with Crippen molar-refractivity contribution >= 4 is 23.7 Å². The van der Waals surface area contributed by atoms with Gasteiger partial charge in [0, 0.05) is 11.6 Å². The second-order valence-electron chi connectivity index (χ2n) is 5.47. The summed E-state index contributed by atoms with van der Waals surface area (Å²) in [5.74, 6) is -0.397. The molecule has 0 aromatic heterocycles. The lowest BCUT2D eigenvalue weighted by molar-refractivity contribution is -0.144. The molecule has 1 rings (SSSR count). The number of hydrogen-bond acceptors (Lipinski definition) is 4. The third-order valence-corrected chi connectivity index (χ3v) is 2.52. The molecule has 0 fully saturated rings. The van der Waals surface area contributed by atoms with Crippen molar-refractivity contribution in [1.29, 1.82) is 0 Å². The number of benzene rings is 1. The van der Waals surface area contributed by atoms with Crippen LogP contribution in [0.2, 0.25) is 5.02 Å². The van der Waals surface area contributed by atoms with Crippen molar-refractivity contribution in [2.24, 2.45) is 0 Å². The highest BCUT2D eigenvalue weighted by atomic mass is 35.5. The van der Waals surface area contributed by atoms with Crippen molar-refractivity contribution in [2.45, 2.75) is 39.4 Å². The van der Waals surface area contributed by atoms with Crippen LogP contribution in [0.25, 0.3) is 0 Å². The van der Waals surface area contributed by atoms with Gasteiger partial charge < -0.3 is 14.8 Å². The van der Waals surface area contributed by atoms with Gasteiger partial charge in [0.2, 0.25) is 0 Å². The van der Waals surface area contributed by atoms with Gasteiger partial charge in [-0.3, -0.25) is 4.79 Å². The second-order valence-corrected chi connectivity index (χ2v) is 5.91. The van der Waals surface area contributed by atoms with Crippen LogP contribution in [-0.4, -0.2) is 24.2 Å². The summed E-state index contributed by atoms with van der Waals surface area (Å²) in [6.45, 7) is 5.64. The van der Waals surface area contributed by atoms with Crippen LogP contribution < -0.4 is 5.32 Å². The number of halogens is 1. The maximum atomic E-state index is 11.5. The van der Waals surface area contributed by atoms with Crippen LogP contribution in [0.4, 0.5) is 4.79 Å². The molecule has 21 heavy (non-hydrogen) atoms. The highest BCUT2D eigenvalue weighted by Crippen LogP contribution is 2.11. The first-order valence-corrected chi connectivity index (χ1v) is 7.01. The number of rotatable bonds is 5. The van der Waals surface area contributed by atoms with Gasteiger partial charge in [-0.15, -0.1) is 0 Å². The van der Waals surface area contributed by atoms with Crippen LogP contribution in [0.5, 0.6) is 0 Å². The van der Waals surface area contributed by atoms with Gasteiger partial charge in [-0.25, -0.2) is 4.79 Å². The zero-order valence-corrected chi connectivity index (χ0v) is 13.2. The van der Waals surface area contributed by atoms with Gasteiger partial charge >= 0.3 is 12.1 Å². The summed E-state index contributed by atoms with van der Waals surface area (Å²) >= 11 is 5.83. The fourth-order valence-corrected chi connectivity index (χ4v) is 1.66. The first-order valence-electron chi connectivity index (χ1n) is 6.63. The number of ether oxygens (including phenoxy) is 2. The zero-order chi connectivity index (χ0) is 15.9. The molecule has 0 saturated heterocycles. The van der Waals surface area contributed by atoms with Crippen molar-refractivity contribution < 1.29 is 19.1 Å². The summed E-state index contributed by atoms with van der Waals surface area (Å²) in [6.07, 6.45) is -0.468. The monoisotopic (exact) mass is 313 g/mol. The van der Waals surface area contributed by atoms with E-state index in [1.807, 2.05) is 6.07 Å². The fraction of sp³-hybridized carbons (Fsp3) is 0.467. The molecule has 0 saturated carbocycles. The van der Waals surface area contributed by atoms with Crippen LogP contribution in [-0.2, 0) is 20.9 Å². The molecule has 0 unspecified atom stereocenters. The molecule has 0 atom stereocenters. The Morgan fingerprint density at radius 1 is 1.29 bits per heavy atom. The highest BCUT2D eigenvalue weighted by molar-refractivity contribution is 6.30. The lowest BCUT2D eigenvalue weighted by Crippen LogP contribution is -2.33. The molecule has 6 heteroatoms. The van der Waals surface area contributed by atoms with Gasteiger partial charge in [-0.1, -0.05) is 23.7 Å². The van der Waals surface area contributed by atoms with E-state index in [9.17, 15) is 9.59 Å². The summed E-state index contributed by atoms with van der Waals surface area (Å²) < 4.78 is 10.1. The van der Waals surface area contributed by atoms with E-state index in [4.69, 9.17) is 21.1 Å². The molecule has 1 aromatic carbocycles. The van der Waals surface area contributed by atoms with E-state index in [1.165, 1.54) is 0 Å². The molecule has 0 spiro atoms. The van der Waals surface area contributed by atoms with Gasteiger partial charge in [0.15, 0.2) is 0 Å². The predicted octanol–water partition coefficient (Wildman–Crippen LogP) is 3.30. The number of carbonyl (C=O) groups is 2. The number of hydrogen-bond donors (Lipinski definition) is 1. The fourth-order valence-electron chi connectivity index (χ4n) is 1.44. The third-order valence-electron chi connectivity index (χ3n) is 2.29. The van der Waals surface area contributed by atoms with E-state index in [0.29, 0.717) is 5.02 Å². The van der Waals surface area contributed by atoms with Gasteiger partial charge in [-0.05, 0) is 38.5 Å². The maximum Gasteiger partial charge on any atom is 0.407 e. The molecule has 5 nitrogen and oxygen atoms in total. The number of carbonyl (C=O) groups excluding carboxylic acids is 2. The third kappa shape index (κ3) is 8.19.